The van der Waals surface area contributed by atoms with Crippen molar-refractivity contribution in [3.63, 3.8) is 0 Å². The zero-order chi connectivity index (χ0) is 24.8. The lowest BCUT2D eigenvalue weighted by Crippen LogP contribution is -2.33. The van der Waals surface area contributed by atoms with E-state index in [1.807, 2.05) is 19.1 Å². The minimum Gasteiger partial charge on any atom is -0.427 e. The Labute approximate surface area is 206 Å². The van der Waals surface area contributed by atoms with Gasteiger partial charge in [0.2, 0.25) is 0 Å². The van der Waals surface area contributed by atoms with E-state index in [1.54, 1.807) is 39.8 Å². The summed E-state index contributed by atoms with van der Waals surface area (Å²) in [6.45, 7) is 10.3. The van der Waals surface area contributed by atoms with Gasteiger partial charge >= 0.3 is 5.97 Å². The van der Waals surface area contributed by atoms with Crippen LogP contribution in [0.1, 0.15) is 53.9 Å². The molecule has 0 bridgehead atoms. The highest BCUT2D eigenvalue weighted by molar-refractivity contribution is 6.25. The van der Waals surface area contributed by atoms with E-state index in [-0.39, 0.29) is 18.0 Å². The summed E-state index contributed by atoms with van der Waals surface area (Å²) in [5, 5.41) is 0. The van der Waals surface area contributed by atoms with E-state index in [0.29, 0.717) is 59.3 Å². The van der Waals surface area contributed by atoms with Crippen LogP contribution in [-0.4, -0.2) is 42.4 Å². The van der Waals surface area contributed by atoms with E-state index in [1.165, 1.54) is 0 Å². The Morgan fingerprint density at radius 1 is 0.970 bits per heavy atom. The average Bonchev–Trinajstić information content (AvgIpc) is 2.75. The summed E-state index contributed by atoms with van der Waals surface area (Å²) < 4.78 is 5.54. The van der Waals surface area contributed by atoms with Crippen molar-refractivity contribution in [1.29, 1.82) is 0 Å². The minimum absolute atomic E-state index is 0.0263. The third-order valence-corrected chi connectivity index (χ3v) is 6.25. The van der Waals surface area contributed by atoms with Gasteiger partial charge in [-0.3, -0.25) is 14.4 Å². The molecule has 0 aliphatic heterocycles. The predicted molar refractivity (Wildman–Crippen MR) is 134 cm³/mol. The Bertz CT molecular complexity index is 955. The zero-order valence-electron chi connectivity index (χ0n) is 20.1. The molecule has 2 rings (SSSR count). The van der Waals surface area contributed by atoms with Gasteiger partial charge in [0, 0.05) is 58.2 Å². The van der Waals surface area contributed by atoms with Gasteiger partial charge < -0.3 is 9.64 Å². The van der Waals surface area contributed by atoms with Crippen molar-refractivity contribution < 1.29 is 19.1 Å². The number of Topliss-reactive ketones (excluding diaryl/α,β-unsaturated/α-hetero) is 2. The fraction of sp³-hybridized carbons (Fsp3) is 0.500. The Balaban J connectivity index is 2.15. The number of carbonyl (C=O) groups excluding carboxylic acids is 3. The van der Waals surface area contributed by atoms with Gasteiger partial charge in [0.1, 0.15) is 5.75 Å². The molecule has 0 atom stereocenters. The summed E-state index contributed by atoms with van der Waals surface area (Å²) in [4.78, 5) is 40.8. The second-order valence-electron chi connectivity index (χ2n) is 8.91. The first-order valence-corrected chi connectivity index (χ1v) is 12.3. The van der Waals surface area contributed by atoms with Crippen molar-refractivity contribution in [3.8, 4) is 5.75 Å². The summed E-state index contributed by atoms with van der Waals surface area (Å²) in [6.07, 6.45) is 1.34. The second kappa shape index (κ2) is 11.8. The Kier molecular flexibility index (Phi) is 9.74. The van der Waals surface area contributed by atoms with Gasteiger partial charge in [-0.25, -0.2) is 0 Å². The van der Waals surface area contributed by atoms with Crippen LogP contribution in [-0.2, 0) is 14.4 Å². The lowest BCUT2D eigenvalue weighted by Gasteiger charge is -2.31. The van der Waals surface area contributed by atoms with Gasteiger partial charge in [-0.1, -0.05) is 27.2 Å². The van der Waals surface area contributed by atoms with Crippen LogP contribution in [0.25, 0.3) is 0 Å². The number of carbonyl (C=O) groups is 3. The zero-order valence-corrected chi connectivity index (χ0v) is 21.6. The summed E-state index contributed by atoms with van der Waals surface area (Å²) in [5.74, 6) is 0.652. The standard InChI is InChI=1S/C26H33Cl2NO4/c1-6-7-21-17(2)25(32)23(18(3)24(21)31)26(4,5)16-22(30)33-20-10-8-19(9-11-20)29(14-12-27)15-13-28/h8-11H,6-7,12-16H2,1-5H3. The number of benzene rings is 1. The molecule has 33 heavy (non-hydrogen) atoms. The lowest BCUT2D eigenvalue weighted by molar-refractivity contribution is -0.136. The SMILES string of the molecule is CCCC1=C(C)C(=O)C(C(C)(C)CC(=O)Oc2ccc(N(CCCl)CCCl)cc2)=C(C)C1=O. The molecule has 1 aromatic rings. The van der Waals surface area contributed by atoms with Crippen LogP contribution < -0.4 is 9.64 Å². The van der Waals surface area contributed by atoms with Crippen molar-refractivity contribution in [1.82, 2.24) is 0 Å². The van der Waals surface area contributed by atoms with Crippen LogP contribution in [0.15, 0.2) is 46.6 Å². The van der Waals surface area contributed by atoms with E-state index in [2.05, 4.69) is 4.90 Å². The summed E-state index contributed by atoms with van der Waals surface area (Å²) in [5.41, 5.74) is 1.99. The Morgan fingerprint density at radius 2 is 1.55 bits per heavy atom. The van der Waals surface area contributed by atoms with Crippen molar-refractivity contribution in [2.24, 2.45) is 5.41 Å². The summed E-state index contributed by atoms with van der Waals surface area (Å²) >= 11 is 11.7. The fourth-order valence-electron chi connectivity index (χ4n) is 4.29. The molecule has 0 unspecified atom stereocenters. The maximum atomic E-state index is 13.1. The molecule has 0 aromatic heterocycles. The fourth-order valence-corrected chi connectivity index (χ4v) is 4.69. The molecular weight excluding hydrogens is 461 g/mol. The molecule has 0 heterocycles. The first kappa shape index (κ1) is 27.1. The normalized spacial score (nSPS) is 14.8. The number of hydrogen-bond acceptors (Lipinski definition) is 5. The highest BCUT2D eigenvalue weighted by Crippen LogP contribution is 2.40. The third kappa shape index (κ3) is 6.48. The maximum Gasteiger partial charge on any atom is 0.312 e. The second-order valence-corrected chi connectivity index (χ2v) is 9.66. The number of ketones is 2. The van der Waals surface area contributed by atoms with Crippen LogP contribution in [0, 0.1) is 5.41 Å². The number of ether oxygens (including phenoxy) is 1. The minimum atomic E-state index is -0.843. The molecule has 1 aliphatic rings. The lowest BCUT2D eigenvalue weighted by atomic mass is 9.70. The molecule has 1 aromatic carbocycles. The van der Waals surface area contributed by atoms with Crippen LogP contribution >= 0.6 is 23.2 Å². The molecular formula is C26H33Cl2NO4. The molecule has 5 nitrogen and oxygen atoms in total. The van der Waals surface area contributed by atoms with Crippen LogP contribution in [0.4, 0.5) is 5.69 Å². The van der Waals surface area contributed by atoms with Crippen molar-refractivity contribution in [3.05, 3.63) is 46.6 Å². The van der Waals surface area contributed by atoms with Gasteiger partial charge in [-0.2, -0.15) is 0 Å². The monoisotopic (exact) mass is 493 g/mol. The summed E-state index contributed by atoms with van der Waals surface area (Å²) in [6, 6.07) is 7.15. The third-order valence-electron chi connectivity index (χ3n) is 5.92. The van der Waals surface area contributed by atoms with Crippen molar-refractivity contribution in [2.75, 3.05) is 29.7 Å². The number of alkyl halides is 2. The first-order valence-electron chi connectivity index (χ1n) is 11.3. The topological polar surface area (TPSA) is 63.7 Å². The molecule has 0 spiro atoms. The Morgan fingerprint density at radius 3 is 2.06 bits per heavy atom. The molecule has 0 saturated heterocycles. The van der Waals surface area contributed by atoms with E-state index < -0.39 is 11.4 Å². The van der Waals surface area contributed by atoms with Gasteiger partial charge in [-0.15, -0.1) is 23.2 Å². The highest BCUT2D eigenvalue weighted by Gasteiger charge is 2.39. The van der Waals surface area contributed by atoms with Gasteiger partial charge in [0.25, 0.3) is 0 Å². The van der Waals surface area contributed by atoms with E-state index in [4.69, 9.17) is 27.9 Å². The van der Waals surface area contributed by atoms with E-state index >= 15 is 0 Å². The Hall–Kier alpha value is -2.11. The van der Waals surface area contributed by atoms with E-state index in [9.17, 15) is 14.4 Å². The smallest absolute Gasteiger partial charge is 0.312 e. The van der Waals surface area contributed by atoms with Gasteiger partial charge in [0.15, 0.2) is 11.6 Å². The van der Waals surface area contributed by atoms with Crippen LogP contribution in [0.5, 0.6) is 5.75 Å². The molecule has 0 amide bonds. The molecule has 1 aliphatic carbocycles. The number of rotatable bonds is 11. The largest absolute Gasteiger partial charge is 0.427 e. The number of esters is 1. The number of hydrogen-bond donors (Lipinski definition) is 0. The number of halogens is 2. The van der Waals surface area contributed by atoms with Crippen molar-refractivity contribution >= 4 is 46.4 Å². The molecule has 0 fully saturated rings. The van der Waals surface area contributed by atoms with Crippen LogP contribution in [0.2, 0.25) is 0 Å². The van der Waals surface area contributed by atoms with Gasteiger partial charge in [0.05, 0.1) is 6.42 Å². The van der Waals surface area contributed by atoms with E-state index in [0.717, 1.165) is 12.1 Å². The first-order chi connectivity index (χ1) is 15.6. The van der Waals surface area contributed by atoms with Crippen LogP contribution in [0.3, 0.4) is 0 Å². The van der Waals surface area contributed by atoms with Crippen molar-refractivity contribution in [2.45, 2.75) is 53.9 Å². The van der Waals surface area contributed by atoms with Gasteiger partial charge in [-0.05, 0) is 44.5 Å². The molecule has 180 valence electrons. The number of allylic oxidation sites excluding steroid dienone is 4. The molecule has 0 radical (unpaired) electrons. The molecule has 7 heteroatoms. The predicted octanol–water partition coefficient (Wildman–Crippen LogP) is 5.88. The maximum absolute atomic E-state index is 13.1. The number of nitrogens with zero attached hydrogens (tertiary/aromatic N) is 1. The molecule has 0 saturated carbocycles. The quantitative estimate of drug-likeness (QED) is 0.166. The summed E-state index contributed by atoms with van der Waals surface area (Å²) in [7, 11) is 0. The number of anilines is 1. The highest BCUT2D eigenvalue weighted by atomic mass is 35.5. The molecule has 0 N–H and O–H groups in total. The average molecular weight is 494 g/mol.